The normalized spacial score (nSPS) is 14.9. The summed E-state index contributed by atoms with van der Waals surface area (Å²) in [6.07, 6.45) is 0.0684. The van der Waals surface area contributed by atoms with E-state index in [1.807, 2.05) is 0 Å². The highest BCUT2D eigenvalue weighted by molar-refractivity contribution is 5.47. The summed E-state index contributed by atoms with van der Waals surface area (Å²) >= 11 is 0. The molecule has 0 saturated carbocycles. The lowest BCUT2D eigenvalue weighted by molar-refractivity contribution is 0.152. The first kappa shape index (κ1) is 23.5. The van der Waals surface area contributed by atoms with Crippen molar-refractivity contribution in [3.63, 3.8) is 0 Å². The quantitative estimate of drug-likeness (QED) is 0.461. The third-order valence-corrected chi connectivity index (χ3v) is 6.09. The molecular weight excluding hydrogens is 436 g/mol. The molecule has 0 aliphatic carbocycles. The van der Waals surface area contributed by atoms with Crippen molar-refractivity contribution in [3.05, 3.63) is 89.5 Å². The van der Waals surface area contributed by atoms with Gasteiger partial charge in [-0.3, -0.25) is 4.90 Å². The number of methoxy groups -OCH3 is 1. The van der Waals surface area contributed by atoms with Gasteiger partial charge >= 0.3 is 0 Å². The fourth-order valence-corrected chi connectivity index (χ4v) is 4.18. The first-order valence-electron chi connectivity index (χ1n) is 11.3. The number of piperazine rings is 1. The summed E-state index contributed by atoms with van der Waals surface area (Å²) in [5.74, 6) is 0.353. The highest BCUT2D eigenvalue weighted by Crippen LogP contribution is 2.34. The number of hydrogen-bond acceptors (Lipinski definition) is 5. The molecule has 0 radical (unpaired) electrons. The van der Waals surface area contributed by atoms with Gasteiger partial charge in [-0.05, 0) is 42.5 Å². The van der Waals surface area contributed by atoms with Crippen LogP contribution < -0.4 is 14.4 Å². The third-order valence-electron chi connectivity index (χ3n) is 6.09. The molecular formula is C27H27F2N3O2. The summed E-state index contributed by atoms with van der Waals surface area (Å²) in [5.41, 5.74) is 1.96. The van der Waals surface area contributed by atoms with E-state index in [1.54, 1.807) is 48.5 Å². The van der Waals surface area contributed by atoms with E-state index in [1.165, 1.54) is 25.3 Å². The van der Waals surface area contributed by atoms with E-state index in [9.17, 15) is 8.78 Å². The molecule has 0 N–H and O–H groups in total. The molecule has 5 nitrogen and oxygen atoms in total. The molecule has 176 valence electrons. The molecule has 34 heavy (non-hydrogen) atoms. The topological polar surface area (TPSA) is 48.7 Å². The molecule has 1 heterocycles. The molecule has 3 aromatic rings. The van der Waals surface area contributed by atoms with Crippen LogP contribution in [0.15, 0.2) is 66.7 Å². The van der Waals surface area contributed by atoms with Gasteiger partial charge in [0.1, 0.15) is 17.7 Å². The highest BCUT2D eigenvalue weighted by atomic mass is 19.1. The maximum atomic E-state index is 14.7. The molecule has 3 aromatic carbocycles. The van der Waals surface area contributed by atoms with Gasteiger partial charge in [0.05, 0.1) is 18.7 Å². The molecule has 1 atom stereocenters. The Kier molecular flexibility index (Phi) is 7.61. The van der Waals surface area contributed by atoms with Gasteiger partial charge in [-0.25, -0.2) is 8.78 Å². The Hall–Kier alpha value is -3.63. The Morgan fingerprint density at radius 1 is 0.941 bits per heavy atom. The van der Waals surface area contributed by atoms with Crippen LogP contribution in [0, 0.1) is 23.0 Å². The van der Waals surface area contributed by atoms with Crippen molar-refractivity contribution in [2.24, 2.45) is 0 Å². The smallest absolute Gasteiger partial charge is 0.162 e. The lowest BCUT2D eigenvalue weighted by Crippen LogP contribution is -2.46. The zero-order valence-electron chi connectivity index (χ0n) is 19.1. The van der Waals surface area contributed by atoms with E-state index < -0.39 is 6.10 Å². The molecule has 0 amide bonds. The summed E-state index contributed by atoms with van der Waals surface area (Å²) in [5, 5.41) is 9.16. The van der Waals surface area contributed by atoms with Crippen molar-refractivity contribution in [3.8, 4) is 17.6 Å². The number of rotatable bonds is 8. The average molecular weight is 464 g/mol. The van der Waals surface area contributed by atoms with Crippen molar-refractivity contribution in [2.45, 2.75) is 12.5 Å². The van der Waals surface area contributed by atoms with Gasteiger partial charge in [-0.2, -0.15) is 5.26 Å². The zero-order valence-corrected chi connectivity index (χ0v) is 19.1. The molecule has 1 unspecified atom stereocenters. The number of halogens is 2. The second kappa shape index (κ2) is 11.0. The molecule has 0 spiro atoms. The Labute approximate surface area is 198 Å². The second-order valence-corrected chi connectivity index (χ2v) is 8.20. The van der Waals surface area contributed by atoms with Gasteiger partial charge in [0.15, 0.2) is 11.5 Å². The summed E-state index contributed by atoms with van der Waals surface area (Å²) in [4.78, 5) is 4.57. The van der Waals surface area contributed by atoms with Crippen molar-refractivity contribution >= 4 is 5.69 Å². The fourth-order valence-electron chi connectivity index (χ4n) is 4.18. The predicted octanol–water partition coefficient (Wildman–Crippen LogP) is 5.18. The van der Waals surface area contributed by atoms with Gasteiger partial charge < -0.3 is 14.4 Å². The molecule has 7 heteroatoms. The second-order valence-electron chi connectivity index (χ2n) is 8.20. The standard InChI is InChI=1S/C27H27F2N3O2/c1-33-27-18-20(19-30)6-11-26(27)34-25(23-4-2-3-5-24(23)29)12-13-31-14-16-32(17-15-31)22-9-7-21(28)8-10-22/h2-11,18,25H,12-17H2,1H3. The Balaban J connectivity index is 1.43. The van der Waals surface area contributed by atoms with Gasteiger partial charge in [0.2, 0.25) is 0 Å². The Bertz CT molecular complexity index is 1140. The van der Waals surface area contributed by atoms with E-state index in [-0.39, 0.29) is 11.6 Å². The SMILES string of the molecule is COc1cc(C#N)ccc1OC(CCN1CCN(c2ccc(F)cc2)CC1)c1ccccc1F. The first-order valence-corrected chi connectivity index (χ1v) is 11.3. The Morgan fingerprint density at radius 2 is 1.68 bits per heavy atom. The zero-order chi connectivity index (χ0) is 23.9. The van der Waals surface area contributed by atoms with Crippen LogP contribution in [0.1, 0.15) is 23.7 Å². The highest BCUT2D eigenvalue weighted by Gasteiger charge is 2.23. The van der Waals surface area contributed by atoms with E-state index in [4.69, 9.17) is 14.7 Å². The van der Waals surface area contributed by atoms with Crippen LogP contribution in [-0.2, 0) is 0 Å². The van der Waals surface area contributed by atoms with Crippen molar-refractivity contribution in [2.75, 3.05) is 44.7 Å². The van der Waals surface area contributed by atoms with Crippen LogP contribution in [0.2, 0.25) is 0 Å². The minimum absolute atomic E-state index is 0.236. The predicted molar refractivity (Wildman–Crippen MR) is 127 cm³/mol. The Morgan fingerprint density at radius 3 is 2.35 bits per heavy atom. The van der Waals surface area contributed by atoms with Crippen LogP contribution in [-0.4, -0.2) is 44.7 Å². The van der Waals surface area contributed by atoms with Gasteiger partial charge in [-0.15, -0.1) is 0 Å². The van der Waals surface area contributed by atoms with Gasteiger partial charge in [0, 0.05) is 56.5 Å². The monoisotopic (exact) mass is 463 g/mol. The number of nitriles is 1. The van der Waals surface area contributed by atoms with E-state index in [0.717, 1.165) is 38.4 Å². The van der Waals surface area contributed by atoms with Gasteiger partial charge in [-0.1, -0.05) is 18.2 Å². The van der Waals surface area contributed by atoms with E-state index in [2.05, 4.69) is 15.9 Å². The molecule has 1 aliphatic rings. The lowest BCUT2D eigenvalue weighted by atomic mass is 10.0. The number of nitrogens with zero attached hydrogens (tertiary/aromatic N) is 3. The van der Waals surface area contributed by atoms with E-state index >= 15 is 0 Å². The summed E-state index contributed by atoms with van der Waals surface area (Å²) in [7, 11) is 1.52. The van der Waals surface area contributed by atoms with Crippen LogP contribution >= 0.6 is 0 Å². The largest absolute Gasteiger partial charge is 0.493 e. The molecule has 0 aromatic heterocycles. The lowest BCUT2D eigenvalue weighted by Gasteiger charge is -2.36. The number of ether oxygens (including phenoxy) is 2. The van der Waals surface area contributed by atoms with Crippen molar-refractivity contribution in [1.82, 2.24) is 4.90 Å². The maximum Gasteiger partial charge on any atom is 0.162 e. The first-order chi connectivity index (χ1) is 16.6. The number of hydrogen-bond donors (Lipinski definition) is 0. The molecule has 1 aliphatic heterocycles. The van der Waals surface area contributed by atoms with Crippen molar-refractivity contribution < 1.29 is 18.3 Å². The molecule has 4 rings (SSSR count). The molecule has 0 bridgehead atoms. The van der Waals surface area contributed by atoms with Crippen LogP contribution in [0.25, 0.3) is 0 Å². The van der Waals surface area contributed by atoms with Crippen LogP contribution in [0.3, 0.4) is 0 Å². The number of benzene rings is 3. The van der Waals surface area contributed by atoms with Crippen molar-refractivity contribution in [1.29, 1.82) is 5.26 Å². The third kappa shape index (κ3) is 5.64. The minimum atomic E-state index is -0.516. The number of anilines is 1. The summed E-state index contributed by atoms with van der Waals surface area (Å²) in [6, 6.07) is 20.2. The van der Waals surface area contributed by atoms with Crippen LogP contribution in [0.5, 0.6) is 11.5 Å². The maximum absolute atomic E-state index is 14.7. The average Bonchev–Trinajstić information content (AvgIpc) is 2.88. The van der Waals surface area contributed by atoms with E-state index in [0.29, 0.717) is 29.0 Å². The van der Waals surface area contributed by atoms with Crippen LogP contribution in [0.4, 0.5) is 14.5 Å². The fraction of sp³-hybridized carbons (Fsp3) is 0.296. The minimum Gasteiger partial charge on any atom is -0.493 e. The van der Waals surface area contributed by atoms with Gasteiger partial charge in [0.25, 0.3) is 0 Å². The summed E-state index contributed by atoms with van der Waals surface area (Å²) < 4.78 is 39.5. The molecule has 1 saturated heterocycles. The summed E-state index contributed by atoms with van der Waals surface area (Å²) in [6.45, 7) is 4.10. The molecule has 1 fully saturated rings.